The van der Waals surface area contributed by atoms with E-state index >= 15 is 0 Å². The molecule has 1 aromatic rings. The maximum absolute atomic E-state index is 12.8. The van der Waals surface area contributed by atoms with Crippen LogP contribution in [0, 0.1) is 5.41 Å². The topological polar surface area (TPSA) is 49.8 Å². The second-order valence-corrected chi connectivity index (χ2v) is 5.92. The maximum Gasteiger partial charge on any atom is 0.233 e. The summed E-state index contributed by atoms with van der Waals surface area (Å²) in [6.07, 6.45) is 3.83. The largest absolute Gasteiger partial charge is 0.497 e. The van der Waals surface area contributed by atoms with E-state index in [0.717, 1.165) is 50.1 Å². The molecule has 2 aliphatic rings. The molecule has 0 bridgehead atoms. The van der Waals surface area contributed by atoms with Crippen molar-refractivity contribution >= 4 is 11.6 Å². The zero-order valence-electron chi connectivity index (χ0n) is 11.8. The zero-order valence-corrected chi connectivity index (χ0v) is 11.8. The molecule has 1 heterocycles. The van der Waals surface area contributed by atoms with E-state index in [1.54, 1.807) is 7.11 Å². The van der Waals surface area contributed by atoms with E-state index in [1.165, 1.54) is 0 Å². The van der Waals surface area contributed by atoms with E-state index in [1.807, 2.05) is 29.2 Å². The van der Waals surface area contributed by atoms with Crippen molar-refractivity contribution in [1.29, 1.82) is 0 Å². The molecule has 3 rings (SSSR count). The summed E-state index contributed by atoms with van der Waals surface area (Å²) in [5.74, 6) is 1.03. The van der Waals surface area contributed by atoms with E-state index in [4.69, 9.17) is 4.74 Å². The minimum Gasteiger partial charge on any atom is -0.497 e. The predicted octanol–water partition coefficient (Wildman–Crippen LogP) is 2.35. The average molecular weight is 275 g/mol. The van der Waals surface area contributed by atoms with Crippen molar-refractivity contribution in [3.63, 3.8) is 0 Å². The summed E-state index contributed by atoms with van der Waals surface area (Å²) in [4.78, 5) is 14.6. The van der Waals surface area contributed by atoms with E-state index in [9.17, 15) is 9.90 Å². The van der Waals surface area contributed by atoms with E-state index < -0.39 is 0 Å². The molecule has 1 N–H and O–H groups in total. The summed E-state index contributed by atoms with van der Waals surface area (Å²) in [5.41, 5.74) is 0.720. The summed E-state index contributed by atoms with van der Waals surface area (Å²) >= 11 is 0. The van der Waals surface area contributed by atoms with Gasteiger partial charge in [-0.3, -0.25) is 4.79 Å². The number of anilines is 1. The average Bonchev–Trinajstić information content (AvgIpc) is 2.80. The lowest BCUT2D eigenvalue weighted by Crippen LogP contribution is -2.38. The quantitative estimate of drug-likeness (QED) is 0.901. The van der Waals surface area contributed by atoms with E-state index in [0.29, 0.717) is 0 Å². The van der Waals surface area contributed by atoms with Crippen molar-refractivity contribution in [2.24, 2.45) is 5.41 Å². The molecule has 0 atom stereocenters. The fourth-order valence-corrected chi connectivity index (χ4v) is 3.45. The van der Waals surface area contributed by atoms with Gasteiger partial charge < -0.3 is 14.7 Å². The Morgan fingerprint density at radius 2 is 1.85 bits per heavy atom. The van der Waals surface area contributed by atoms with Crippen LogP contribution in [-0.4, -0.2) is 30.8 Å². The highest BCUT2D eigenvalue weighted by Gasteiger charge is 2.48. The summed E-state index contributed by atoms with van der Waals surface area (Å²) in [7, 11) is 1.64. The Morgan fingerprint density at radius 1 is 1.20 bits per heavy atom. The summed E-state index contributed by atoms with van der Waals surface area (Å²) in [5, 5.41) is 9.64. The lowest BCUT2D eigenvalue weighted by atomic mass is 9.72. The smallest absolute Gasteiger partial charge is 0.233 e. The standard InChI is InChI=1S/C16H21NO3/c1-20-14-4-2-12(3-5-14)17-11-10-16(15(17)19)8-6-13(18)7-9-16/h2-5,13,18H,6-11H2,1H3/t13-,16-. The van der Waals surface area contributed by atoms with Gasteiger partial charge >= 0.3 is 0 Å². The van der Waals surface area contributed by atoms with Crippen LogP contribution in [0.2, 0.25) is 0 Å². The molecule has 1 saturated heterocycles. The molecule has 1 amide bonds. The highest BCUT2D eigenvalue weighted by Crippen LogP contribution is 2.46. The van der Waals surface area contributed by atoms with Gasteiger partial charge in [-0.15, -0.1) is 0 Å². The predicted molar refractivity (Wildman–Crippen MR) is 76.9 cm³/mol. The molecule has 108 valence electrons. The highest BCUT2D eigenvalue weighted by atomic mass is 16.5. The molecule has 4 heteroatoms. The first kappa shape index (κ1) is 13.4. The van der Waals surface area contributed by atoms with Crippen LogP contribution in [0.4, 0.5) is 5.69 Å². The molecule has 0 unspecified atom stereocenters. The van der Waals surface area contributed by atoms with E-state index in [-0.39, 0.29) is 17.4 Å². The monoisotopic (exact) mass is 275 g/mol. The molecular formula is C16H21NO3. The van der Waals surface area contributed by atoms with Crippen molar-refractivity contribution < 1.29 is 14.6 Å². The number of aliphatic hydroxyl groups is 1. The van der Waals surface area contributed by atoms with Gasteiger partial charge in [-0.2, -0.15) is 0 Å². The minimum absolute atomic E-state index is 0.219. The van der Waals surface area contributed by atoms with Gasteiger partial charge in [0.05, 0.1) is 18.6 Å². The second kappa shape index (κ2) is 5.09. The molecule has 2 fully saturated rings. The lowest BCUT2D eigenvalue weighted by Gasteiger charge is -2.33. The molecule has 1 spiro atoms. The fraction of sp³-hybridized carbons (Fsp3) is 0.562. The van der Waals surface area contributed by atoms with Crippen LogP contribution in [0.1, 0.15) is 32.1 Å². The number of nitrogens with zero attached hydrogens (tertiary/aromatic N) is 1. The number of methoxy groups -OCH3 is 1. The third-order valence-electron chi connectivity index (χ3n) is 4.81. The van der Waals surface area contributed by atoms with Gasteiger partial charge in [-0.05, 0) is 56.4 Å². The maximum atomic E-state index is 12.8. The van der Waals surface area contributed by atoms with Crippen LogP contribution >= 0.6 is 0 Å². The third kappa shape index (κ3) is 2.18. The molecule has 0 aromatic heterocycles. The van der Waals surface area contributed by atoms with Crippen molar-refractivity contribution in [2.75, 3.05) is 18.6 Å². The SMILES string of the molecule is COc1ccc(N2CC[C@]3(CC[C@@H](O)CC3)C2=O)cc1. The number of carbonyl (C=O) groups excluding carboxylic acids is 1. The Hall–Kier alpha value is -1.55. The van der Waals surface area contributed by atoms with Crippen LogP contribution in [0.3, 0.4) is 0 Å². The van der Waals surface area contributed by atoms with Gasteiger partial charge in [-0.25, -0.2) is 0 Å². The van der Waals surface area contributed by atoms with Gasteiger partial charge in [0.1, 0.15) is 5.75 Å². The number of carbonyl (C=O) groups is 1. The number of benzene rings is 1. The molecule has 20 heavy (non-hydrogen) atoms. The van der Waals surface area contributed by atoms with Crippen molar-refractivity contribution in [3.05, 3.63) is 24.3 Å². The first-order valence-corrected chi connectivity index (χ1v) is 7.29. The van der Waals surface area contributed by atoms with Crippen LogP contribution < -0.4 is 9.64 Å². The number of amides is 1. The zero-order chi connectivity index (χ0) is 14.2. The number of rotatable bonds is 2. The van der Waals surface area contributed by atoms with Crippen molar-refractivity contribution in [3.8, 4) is 5.75 Å². The molecule has 1 aromatic carbocycles. The van der Waals surface area contributed by atoms with Crippen molar-refractivity contribution in [2.45, 2.75) is 38.2 Å². The molecule has 1 aliphatic heterocycles. The number of hydrogen-bond donors (Lipinski definition) is 1. The summed E-state index contributed by atoms with van der Waals surface area (Å²) in [6, 6.07) is 7.65. The molecular weight excluding hydrogens is 254 g/mol. The molecule has 4 nitrogen and oxygen atoms in total. The molecule has 1 saturated carbocycles. The van der Waals surface area contributed by atoms with Gasteiger partial charge in [0.15, 0.2) is 0 Å². The Kier molecular flexibility index (Phi) is 3.42. The molecule has 0 radical (unpaired) electrons. The Labute approximate surface area is 119 Å². The lowest BCUT2D eigenvalue weighted by molar-refractivity contribution is -0.128. The van der Waals surface area contributed by atoms with Crippen LogP contribution in [0.25, 0.3) is 0 Å². The minimum atomic E-state index is -0.223. The van der Waals surface area contributed by atoms with E-state index in [2.05, 4.69) is 0 Å². The Morgan fingerprint density at radius 3 is 2.45 bits per heavy atom. The first-order chi connectivity index (χ1) is 9.64. The Bertz CT molecular complexity index is 489. The third-order valence-corrected chi connectivity index (χ3v) is 4.81. The Balaban J connectivity index is 1.78. The normalized spacial score (nSPS) is 30.0. The van der Waals surface area contributed by atoms with Gasteiger partial charge in [0, 0.05) is 12.2 Å². The van der Waals surface area contributed by atoms with Crippen LogP contribution in [0.5, 0.6) is 5.75 Å². The number of hydrogen-bond acceptors (Lipinski definition) is 3. The van der Waals surface area contributed by atoms with Gasteiger partial charge in [0.25, 0.3) is 0 Å². The van der Waals surface area contributed by atoms with Crippen LogP contribution in [0.15, 0.2) is 24.3 Å². The van der Waals surface area contributed by atoms with Crippen molar-refractivity contribution in [1.82, 2.24) is 0 Å². The van der Waals surface area contributed by atoms with Gasteiger partial charge in [-0.1, -0.05) is 0 Å². The summed E-state index contributed by atoms with van der Waals surface area (Å²) < 4.78 is 5.15. The van der Waals surface area contributed by atoms with Gasteiger partial charge in [0.2, 0.25) is 5.91 Å². The number of aliphatic hydroxyl groups excluding tert-OH is 1. The number of ether oxygens (including phenoxy) is 1. The van der Waals surface area contributed by atoms with Crippen LogP contribution in [-0.2, 0) is 4.79 Å². The highest BCUT2D eigenvalue weighted by molar-refractivity contribution is 6.00. The summed E-state index contributed by atoms with van der Waals surface area (Å²) in [6.45, 7) is 0.779. The first-order valence-electron chi connectivity index (χ1n) is 7.29. The fourth-order valence-electron chi connectivity index (χ4n) is 3.45. The second-order valence-electron chi connectivity index (χ2n) is 5.92. The molecule has 1 aliphatic carbocycles.